The quantitative estimate of drug-likeness (QED) is 0.559. The van der Waals surface area contributed by atoms with E-state index in [2.05, 4.69) is 31.4 Å². The van der Waals surface area contributed by atoms with Crippen LogP contribution < -0.4 is 10.6 Å². The molecule has 0 rings (SSSR count). The summed E-state index contributed by atoms with van der Waals surface area (Å²) in [5.74, 6) is 0.0370. The van der Waals surface area contributed by atoms with E-state index in [4.69, 9.17) is 0 Å². The summed E-state index contributed by atoms with van der Waals surface area (Å²) in [6.07, 6.45) is 3.92. The van der Waals surface area contributed by atoms with E-state index in [1.807, 2.05) is 6.92 Å². The van der Waals surface area contributed by atoms with Gasteiger partial charge in [-0.15, -0.1) is 0 Å². The fraction of sp³-hybridized carbons (Fsp3) is 0.929. The Morgan fingerprint density at radius 1 is 1.28 bits per heavy atom. The number of carbonyl (C=O) groups is 1. The molecule has 4 nitrogen and oxygen atoms in total. The zero-order chi connectivity index (χ0) is 14.0. The molecule has 0 aromatic heterocycles. The standard InChI is InChI=1S/C14H30N2O2/c1-5-8-12(4)16-13(18)9-15-10-14(6-2,7-3)11-17/h12,15,17H,5-11H2,1-4H3,(H,16,18). The third kappa shape index (κ3) is 6.36. The van der Waals surface area contributed by atoms with E-state index in [-0.39, 0.29) is 24.0 Å². The van der Waals surface area contributed by atoms with Gasteiger partial charge in [0.05, 0.1) is 6.54 Å². The first kappa shape index (κ1) is 17.4. The van der Waals surface area contributed by atoms with Gasteiger partial charge in [0.15, 0.2) is 0 Å². The SMILES string of the molecule is CCCC(C)NC(=O)CNCC(CC)(CC)CO. The summed E-state index contributed by atoms with van der Waals surface area (Å²) < 4.78 is 0. The number of aliphatic hydroxyl groups is 1. The van der Waals surface area contributed by atoms with Crippen LogP contribution in [0.25, 0.3) is 0 Å². The molecule has 0 aliphatic heterocycles. The molecule has 108 valence electrons. The van der Waals surface area contributed by atoms with Crippen molar-refractivity contribution in [3.05, 3.63) is 0 Å². The number of aliphatic hydroxyl groups excluding tert-OH is 1. The molecule has 0 saturated heterocycles. The largest absolute Gasteiger partial charge is 0.396 e. The van der Waals surface area contributed by atoms with E-state index < -0.39 is 0 Å². The summed E-state index contributed by atoms with van der Waals surface area (Å²) in [5.41, 5.74) is -0.0880. The van der Waals surface area contributed by atoms with Crippen molar-refractivity contribution in [3.8, 4) is 0 Å². The number of hydrogen-bond acceptors (Lipinski definition) is 3. The first-order valence-electron chi connectivity index (χ1n) is 7.14. The third-order valence-corrected chi connectivity index (χ3v) is 3.75. The minimum atomic E-state index is -0.0880. The Kier molecular flexibility index (Phi) is 9.02. The Balaban J connectivity index is 3.92. The monoisotopic (exact) mass is 258 g/mol. The Morgan fingerprint density at radius 2 is 1.89 bits per heavy atom. The molecule has 0 aliphatic rings. The molecule has 0 radical (unpaired) electrons. The van der Waals surface area contributed by atoms with Gasteiger partial charge in [-0.3, -0.25) is 4.79 Å². The Labute approximate surface area is 112 Å². The average Bonchev–Trinajstić information content (AvgIpc) is 2.35. The van der Waals surface area contributed by atoms with Crippen molar-refractivity contribution in [2.45, 2.75) is 59.4 Å². The fourth-order valence-electron chi connectivity index (χ4n) is 2.05. The summed E-state index contributed by atoms with van der Waals surface area (Å²) >= 11 is 0. The van der Waals surface area contributed by atoms with Crippen molar-refractivity contribution in [2.75, 3.05) is 19.7 Å². The lowest BCUT2D eigenvalue weighted by atomic mass is 9.83. The van der Waals surface area contributed by atoms with E-state index in [0.29, 0.717) is 13.1 Å². The molecule has 0 aromatic carbocycles. The Morgan fingerprint density at radius 3 is 2.33 bits per heavy atom. The molecule has 3 N–H and O–H groups in total. The van der Waals surface area contributed by atoms with Gasteiger partial charge in [0.1, 0.15) is 0 Å². The maximum absolute atomic E-state index is 11.6. The zero-order valence-electron chi connectivity index (χ0n) is 12.4. The highest BCUT2D eigenvalue weighted by Crippen LogP contribution is 2.24. The molecule has 1 amide bonds. The topological polar surface area (TPSA) is 61.4 Å². The molecule has 18 heavy (non-hydrogen) atoms. The predicted octanol–water partition coefficient (Wildman–Crippen LogP) is 1.68. The van der Waals surface area contributed by atoms with Crippen molar-refractivity contribution in [2.24, 2.45) is 5.41 Å². The van der Waals surface area contributed by atoms with Crippen LogP contribution in [0.15, 0.2) is 0 Å². The van der Waals surface area contributed by atoms with Crippen molar-refractivity contribution in [3.63, 3.8) is 0 Å². The molecule has 1 atom stereocenters. The van der Waals surface area contributed by atoms with Gasteiger partial charge in [-0.05, 0) is 26.2 Å². The van der Waals surface area contributed by atoms with E-state index >= 15 is 0 Å². The van der Waals surface area contributed by atoms with E-state index in [0.717, 1.165) is 25.7 Å². The maximum atomic E-state index is 11.6. The predicted molar refractivity (Wildman–Crippen MR) is 75.5 cm³/mol. The van der Waals surface area contributed by atoms with Crippen molar-refractivity contribution in [1.82, 2.24) is 10.6 Å². The number of carbonyl (C=O) groups excluding carboxylic acids is 1. The van der Waals surface area contributed by atoms with Gasteiger partial charge in [-0.2, -0.15) is 0 Å². The van der Waals surface area contributed by atoms with Crippen LogP contribution in [-0.4, -0.2) is 36.8 Å². The summed E-state index contributed by atoms with van der Waals surface area (Å²) in [4.78, 5) is 11.6. The van der Waals surface area contributed by atoms with Crippen LogP contribution in [0.1, 0.15) is 53.4 Å². The lowest BCUT2D eigenvalue weighted by Crippen LogP contribution is -2.43. The van der Waals surface area contributed by atoms with E-state index in [1.165, 1.54) is 0 Å². The second-order valence-corrected chi connectivity index (χ2v) is 5.23. The number of hydrogen-bond donors (Lipinski definition) is 3. The van der Waals surface area contributed by atoms with Gasteiger partial charge in [0.2, 0.25) is 5.91 Å². The molecule has 0 aliphatic carbocycles. The van der Waals surface area contributed by atoms with Gasteiger partial charge in [0.25, 0.3) is 0 Å². The maximum Gasteiger partial charge on any atom is 0.234 e. The minimum absolute atomic E-state index is 0.0370. The highest BCUT2D eigenvalue weighted by molar-refractivity contribution is 5.78. The molecular weight excluding hydrogens is 228 g/mol. The van der Waals surface area contributed by atoms with Gasteiger partial charge >= 0.3 is 0 Å². The van der Waals surface area contributed by atoms with E-state index in [9.17, 15) is 9.90 Å². The number of amides is 1. The highest BCUT2D eigenvalue weighted by Gasteiger charge is 2.24. The van der Waals surface area contributed by atoms with Crippen LogP contribution in [0.2, 0.25) is 0 Å². The van der Waals surface area contributed by atoms with Gasteiger partial charge in [-0.25, -0.2) is 0 Å². The number of nitrogens with one attached hydrogen (secondary N) is 2. The first-order valence-corrected chi connectivity index (χ1v) is 7.14. The van der Waals surface area contributed by atoms with Crippen molar-refractivity contribution in [1.29, 1.82) is 0 Å². The zero-order valence-corrected chi connectivity index (χ0v) is 12.4. The highest BCUT2D eigenvalue weighted by atomic mass is 16.3. The summed E-state index contributed by atoms with van der Waals surface area (Å²) in [5, 5.41) is 15.5. The minimum Gasteiger partial charge on any atom is -0.396 e. The fourth-order valence-corrected chi connectivity index (χ4v) is 2.05. The second kappa shape index (κ2) is 9.34. The third-order valence-electron chi connectivity index (χ3n) is 3.75. The molecule has 1 unspecified atom stereocenters. The molecular formula is C14H30N2O2. The molecule has 0 fully saturated rings. The van der Waals surface area contributed by atoms with Crippen molar-refractivity contribution >= 4 is 5.91 Å². The molecule has 0 heterocycles. The van der Waals surface area contributed by atoms with Gasteiger partial charge in [0, 0.05) is 24.6 Å². The smallest absolute Gasteiger partial charge is 0.234 e. The summed E-state index contributed by atoms with van der Waals surface area (Å²) in [6, 6.07) is 0.240. The van der Waals surface area contributed by atoms with Crippen LogP contribution in [0, 0.1) is 5.41 Å². The van der Waals surface area contributed by atoms with Crippen LogP contribution in [-0.2, 0) is 4.79 Å². The first-order chi connectivity index (χ1) is 8.53. The normalized spacial score (nSPS) is 13.4. The lowest BCUT2D eigenvalue weighted by Gasteiger charge is -2.29. The van der Waals surface area contributed by atoms with Crippen LogP contribution in [0.5, 0.6) is 0 Å². The average molecular weight is 258 g/mol. The van der Waals surface area contributed by atoms with Crippen LogP contribution in [0.4, 0.5) is 0 Å². The molecule has 0 spiro atoms. The summed E-state index contributed by atoms with van der Waals surface area (Å²) in [6.45, 7) is 9.47. The Bertz CT molecular complexity index is 220. The molecule has 0 aromatic rings. The van der Waals surface area contributed by atoms with Gasteiger partial charge in [-0.1, -0.05) is 27.2 Å². The summed E-state index contributed by atoms with van der Waals surface area (Å²) in [7, 11) is 0. The van der Waals surface area contributed by atoms with E-state index in [1.54, 1.807) is 0 Å². The molecule has 0 saturated carbocycles. The molecule has 4 heteroatoms. The Hall–Kier alpha value is -0.610. The molecule has 0 bridgehead atoms. The van der Waals surface area contributed by atoms with Crippen molar-refractivity contribution < 1.29 is 9.90 Å². The van der Waals surface area contributed by atoms with Gasteiger partial charge < -0.3 is 15.7 Å². The van der Waals surface area contributed by atoms with Crippen LogP contribution in [0.3, 0.4) is 0 Å². The second-order valence-electron chi connectivity index (χ2n) is 5.23. The van der Waals surface area contributed by atoms with Crippen LogP contribution >= 0.6 is 0 Å². The lowest BCUT2D eigenvalue weighted by molar-refractivity contribution is -0.121. The number of rotatable bonds is 10.